The van der Waals surface area contributed by atoms with Crippen LogP contribution in [0.15, 0.2) is 36.5 Å². The summed E-state index contributed by atoms with van der Waals surface area (Å²) in [4.78, 5) is 15.7. The lowest BCUT2D eigenvalue weighted by Crippen LogP contribution is -2.39. The molecule has 0 saturated carbocycles. The first-order valence-electron chi connectivity index (χ1n) is 8.39. The van der Waals surface area contributed by atoms with E-state index in [0.717, 1.165) is 17.8 Å². The number of nitrogens with one attached hydrogen (secondary N) is 3. The van der Waals surface area contributed by atoms with Gasteiger partial charge in [-0.3, -0.25) is 4.79 Å². The molecule has 0 bridgehead atoms. The fourth-order valence-electron chi connectivity index (χ4n) is 2.88. The number of carbonyl (C=O) groups excluding carboxylic acids is 1. The van der Waals surface area contributed by atoms with Crippen molar-refractivity contribution in [1.29, 1.82) is 0 Å². The number of hydrogen-bond donors (Lipinski definition) is 3. The van der Waals surface area contributed by atoms with Gasteiger partial charge < -0.3 is 14.8 Å². The molecule has 7 nitrogen and oxygen atoms in total. The molecular formula is C18H19F3N4O3. The topological polar surface area (TPSA) is 84.5 Å². The zero-order valence-corrected chi connectivity index (χ0v) is 15.1. The van der Waals surface area contributed by atoms with Gasteiger partial charge in [0.05, 0.1) is 26.1 Å². The van der Waals surface area contributed by atoms with Crippen molar-refractivity contribution in [1.82, 2.24) is 15.8 Å². The number of amides is 1. The van der Waals surface area contributed by atoms with Gasteiger partial charge in [-0.1, -0.05) is 6.07 Å². The number of hydrogen-bond acceptors (Lipinski definition) is 6. The summed E-state index contributed by atoms with van der Waals surface area (Å²) in [6.07, 6.45) is -3.10. The van der Waals surface area contributed by atoms with E-state index in [-0.39, 0.29) is 17.6 Å². The largest absolute Gasteiger partial charge is 0.493 e. The molecule has 1 aromatic heterocycles. The monoisotopic (exact) mass is 396 g/mol. The zero-order valence-electron chi connectivity index (χ0n) is 15.1. The van der Waals surface area contributed by atoms with Crippen LogP contribution in [-0.2, 0) is 11.0 Å². The molecule has 1 saturated heterocycles. The Hall–Kier alpha value is -2.85. The summed E-state index contributed by atoms with van der Waals surface area (Å²) in [6.45, 7) is 0. The Morgan fingerprint density at radius 2 is 1.89 bits per heavy atom. The first-order valence-corrected chi connectivity index (χ1v) is 8.39. The Bertz CT molecular complexity index is 843. The number of rotatable bonds is 5. The SMILES string of the molecule is COc1ccc(C2CC(C(=O)Nc3ccc(C(F)(F)F)nc3)NN2)cc1OC. The maximum atomic E-state index is 12.5. The molecule has 1 fully saturated rings. The van der Waals surface area contributed by atoms with Crippen LogP contribution in [0.2, 0.25) is 0 Å². The standard InChI is InChI=1S/C18H19F3N4O3/c1-27-14-5-3-10(7-15(14)28-2)12-8-13(25-24-12)17(26)23-11-4-6-16(22-9-11)18(19,20)21/h3-7,9,12-13,24-25H,8H2,1-2H3,(H,23,26). The van der Waals surface area contributed by atoms with Gasteiger partial charge in [-0.2, -0.15) is 13.2 Å². The van der Waals surface area contributed by atoms with E-state index < -0.39 is 17.9 Å². The van der Waals surface area contributed by atoms with Gasteiger partial charge >= 0.3 is 6.18 Å². The van der Waals surface area contributed by atoms with E-state index in [1.165, 1.54) is 13.2 Å². The summed E-state index contributed by atoms with van der Waals surface area (Å²) in [5.74, 6) is 0.795. The van der Waals surface area contributed by atoms with Gasteiger partial charge in [0.2, 0.25) is 5.91 Å². The van der Waals surface area contributed by atoms with E-state index in [9.17, 15) is 18.0 Å². The minimum Gasteiger partial charge on any atom is -0.493 e. The van der Waals surface area contributed by atoms with Crippen LogP contribution in [0.5, 0.6) is 11.5 Å². The average molecular weight is 396 g/mol. The van der Waals surface area contributed by atoms with E-state index in [1.807, 2.05) is 12.1 Å². The van der Waals surface area contributed by atoms with Gasteiger partial charge in [0, 0.05) is 6.04 Å². The molecule has 1 amide bonds. The van der Waals surface area contributed by atoms with E-state index in [1.54, 1.807) is 13.2 Å². The van der Waals surface area contributed by atoms with Crippen LogP contribution in [0.25, 0.3) is 0 Å². The number of hydrazine groups is 1. The lowest BCUT2D eigenvalue weighted by atomic mass is 10.0. The summed E-state index contributed by atoms with van der Waals surface area (Å²) in [5.41, 5.74) is 6.00. The molecule has 10 heteroatoms. The van der Waals surface area contributed by atoms with Crippen molar-refractivity contribution in [2.75, 3.05) is 19.5 Å². The minimum atomic E-state index is -4.52. The molecule has 2 atom stereocenters. The molecule has 2 heterocycles. The average Bonchev–Trinajstić information content (AvgIpc) is 3.17. The van der Waals surface area contributed by atoms with Gasteiger partial charge in [-0.25, -0.2) is 15.8 Å². The van der Waals surface area contributed by atoms with Crippen LogP contribution in [-0.4, -0.2) is 31.2 Å². The fourth-order valence-corrected chi connectivity index (χ4v) is 2.88. The second kappa shape index (κ2) is 8.03. The third kappa shape index (κ3) is 4.34. The van der Waals surface area contributed by atoms with Crippen LogP contribution in [0.4, 0.5) is 18.9 Å². The molecule has 2 aromatic rings. The molecule has 0 aliphatic carbocycles. The van der Waals surface area contributed by atoms with Crippen molar-refractivity contribution in [3.63, 3.8) is 0 Å². The van der Waals surface area contributed by atoms with Gasteiger partial charge in [-0.05, 0) is 36.2 Å². The van der Waals surface area contributed by atoms with E-state index in [4.69, 9.17) is 9.47 Å². The predicted molar refractivity (Wildman–Crippen MR) is 94.8 cm³/mol. The Kier molecular flexibility index (Phi) is 5.71. The number of halogens is 3. The Morgan fingerprint density at radius 3 is 2.50 bits per heavy atom. The number of alkyl halides is 3. The van der Waals surface area contributed by atoms with Crippen molar-refractivity contribution in [3.05, 3.63) is 47.8 Å². The normalized spacial score (nSPS) is 19.3. The highest BCUT2D eigenvalue weighted by molar-refractivity contribution is 5.94. The van der Waals surface area contributed by atoms with Crippen molar-refractivity contribution >= 4 is 11.6 Å². The highest BCUT2D eigenvalue weighted by Gasteiger charge is 2.33. The Morgan fingerprint density at radius 1 is 1.14 bits per heavy atom. The summed E-state index contributed by atoms with van der Waals surface area (Å²) >= 11 is 0. The number of nitrogens with zero attached hydrogens (tertiary/aromatic N) is 1. The van der Waals surface area contributed by atoms with E-state index in [2.05, 4.69) is 21.2 Å². The Balaban J connectivity index is 1.63. The second-order valence-corrected chi connectivity index (χ2v) is 6.16. The Labute approximate surface area is 159 Å². The number of carbonyl (C=O) groups is 1. The lowest BCUT2D eigenvalue weighted by molar-refractivity contribution is -0.141. The summed E-state index contributed by atoms with van der Waals surface area (Å²) < 4.78 is 48.1. The van der Waals surface area contributed by atoms with Crippen molar-refractivity contribution in [2.45, 2.75) is 24.7 Å². The van der Waals surface area contributed by atoms with Crippen molar-refractivity contribution < 1.29 is 27.4 Å². The van der Waals surface area contributed by atoms with Crippen LogP contribution >= 0.6 is 0 Å². The van der Waals surface area contributed by atoms with Gasteiger partial charge in [0.1, 0.15) is 11.7 Å². The molecule has 3 rings (SSSR count). The molecule has 0 radical (unpaired) electrons. The molecule has 2 unspecified atom stereocenters. The first kappa shape index (κ1) is 19.9. The smallest absolute Gasteiger partial charge is 0.433 e. The maximum Gasteiger partial charge on any atom is 0.433 e. The number of methoxy groups -OCH3 is 2. The van der Waals surface area contributed by atoms with Gasteiger partial charge in [-0.15, -0.1) is 0 Å². The molecule has 150 valence electrons. The highest BCUT2D eigenvalue weighted by Crippen LogP contribution is 2.32. The van der Waals surface area contributed by atoms with Gasteiger partial charge in [0.15, 0.2) is 11.5 Å². The van der Waals surface area contributed by atoms with Crippen LogP contribution < -0.4 is 25.6 Å². The minimum absolute atomic E-state index is 0.152. The predicted octanol–water partition coefficient (Wildman–Crippen LogP) is 2.66. The van der Waals surface area contributed by atoms with Crippen LogP contribution in [0.3, 0.4) is 0 Å². The molecular weight excluding hydrogens is 377 g/mol. The van der Waals surface area contributed by atoms with Crippen molar-refractivity contribution in [3.8, 4) is 11.5 Å². The third-order valence-corrected chi connectivity index (χ3v) is 4.35. The molecule has 0 spiro atoms. The summed E-state index contributed by atoms with van der Waals surface area (Å²) in [6, 6.07) is 6.72. The molecule has 3 N–H and O–H groups in total. The summed E-state index contributed by atoms with van der Waals surface area (Å²) in [5, 5.41) is 2.56. The molecule has 28 heavy (non-hydrogen) atoms. The molecule has 1 aliphatic heterocycles. The van der Waals surface area contributed by atoms with Crippen LogP contribution in [0, 0.1) is 0 Å². The van der Waals surface area contributed by atoms with Crippen LogP contribution in [0.1, 0.15) is 23.7 Å². The second-order valence-electron chi connectivity index (χ2n) is 6.16. The lowest BCUT2D eigenvalue weighted by Gasteiger charge is -2.14. The number of pyridine rings is 1. The molecule has 1 aliphatic rings. The zero-order chi connectivity index (χ0) is 20.3. The number of benzene rings is 1. The fraction of sp³-hybridized carbons (Fsp3) is 0.333. The summed E-state index contributed by atoms with van der Waals surface area (Å²) in [7, 11) is 3.08. The highest BCUT2D eigenvalue weighted by atomic mass is 19.4. The third-order valence-electron chi connectivity index (χ3n) is 4.35. The first-order chi connectivity index (χ1) is 13.3. The van der Waals surface area contributed by atoms with Crippen molar-refractivity contribution in [2.24, 2.45) is 0 Å². The van der Waals surface area contributed by atoms with Gasteiger partial charge in [0.25, 0.3) is 0 Å². The number of anilines is 1. The number of ether oxygens (including phenoxy) is 2. The molecule has 1 aromatic carbocycles. The maximum absolute atomic E-state index is 12.5. The van der Waals surface area contributed by atoms with E-state index in [0.29, 0.717) is 17.9 Å². The quantitative estimate of drug-likeness (QED) is 0.721. The number of aromatic nitrogens is 1. The van der Waals surface area contributed by atoms with E-state index >= 15 is 0 Å².